The first-order valence-electron chi connectivity index (χ1n) is 8.21. The first-order valence-corrected chi connectivity index (χ1v) is 9.09. The molecule has 1 aromatic heterocycles. The van der Waals surface area contributed by atoms with E-state index in [1.807, 2.05) is 37.0 Å². The number of anilines is 1. The molecule has 7 heteroatoms. The van der Waals surface area contributed by atoms with Gasteiger partial charge < -0.3 is 15.5 Å². The quantitative estimate of drug-likeness (QED) is 0.735. The number of carbonyl (C=O) groups excluding carboxylic acids is 1. The molecule has 2 aliphatic heterocycles. The van der Waals surface area contributed by atoms with Crippen molar-refractivity contribution in [1.82, 2.24) is 20.4 Å². The number of urea groups is 1. The minimum atomic E-state index is -0.186. The van der Waals surface area contributed by atoms with Crippen LogP contribution >= 0.6 is 11.3 Å². The number of amides is 2. The minimum absolute atomic E-state index is 0.0445. The highest BCUT2D eigenvalue weighted by Crippen LogP contribution is 2.36. The summed E-state index contributed by atoms with van der Waals surface area (Å²) < 4.78 is 0. The number of carbonyl (C=O) groups is 1. The molecule has 0 saturated carbocycles. The smallest absolute Gasteiger partial charge is 0.317 e. The van der Waals surface area contributed by atoms with Crippen LogP contribution in [-0.2, 0) is 0 Å². The normalized spacial score (nSPS) is 22.4. The van der Waals surface area contributed by atoms with Crippen molar-refractivity contribution in [2.45, 2.75) is 39.4 Å². The molecule has 6 nitrogen and oxygen atoms in total. The van der Waals surface area contributed by atoms with E-state index in [0.717, 1.165) is 32.8 Å². The topological polar surface area (TPSA) is 59.6 Å². The summed E-state index contributed by atoms with van der Waals surface area (Å²) in [5.41, 5.74) is 2.42. The highest BCUT2D eigenvalue weighted by atomic mass is 32.1. The molecule has 0 spiro atoms. The summed E-state index contributed by atoms with van der Waals surface area (Å²) in [6, 6.07) is 0.0445. The molecule has 0 radical (unpaired) electrons. The van der Waals surface area contributed by atoms with Gasteiger partial charge in [0.2, 0.25) is 0 Å². The van der Waals surface area contributed by atoms with E-state index in [1.165, 1.54) is 16.1 Å². The van der Waals surface area contributed by atoms with Crippen molar-refractivity contribution in [2.24, 2.45) is 0 Å². The molecular weight excluding hydrogens is 310 g/mol. The summed E-state index contributed by atoms with van der Waals surface area (Å²) in [4.78, 5) is 18.0. The average Bonchev–Trinajstić information content (AvgIpc) is 2.87. The van der Waals surface area contributed by atoms with Gasteiger partial charge in [-0.15, -0.1) is 11.3 Å². The minimum Gasteiger partial charge on any atom is -0.371 e. The van der Waals surface area contributed by atoms with E-state index in [0.29, 0.717) is 0 Å². The number of nitrogens with one attached hydrogen (secondary N) is 3. The summed E-state index contributed by atoms with van der Waals surface area (Å²) in [5.74, 6) is 0. The number of thiophene rings is 1. The summed E-state index contributed by atoms with van der Waals surface area (Å²) >= 11 is 1.81. The van der Waals surface area contributed by atoms with Gasteiger partial charge in [0.25, 0.3) is 0 Å². The molecule has 1 aromatic rings. The average molecular weight is 337 g/mol. The van der Waals surface area contributed by atoms with Gasteiger partial charge in [0.05, 0.1) is 23.4 Å². The van der Waals surface area contributed by atoms with Gasteiger partial charge in [-0.05, 0) is 38.6 Å². The maximum Gasteiger partial charge on any atom is 0.317 e. The van der Waals surface area contributed by atoms with Gasteiger partial charge in [-0.1, -0.05) is 0 Å². The zero-order valence-corrected chi connectivity index (χ0v) is 15.2. The van der Waals surface area contributed by atoms with E-state index in [4.69, 9.17) is 0 Å². The number of hydrogen-bond acceptors (Lipinski definition) is 5. The molecule has 0 aromatic carbocycles. The fraction of sp³-hybridized carbons (Fsp3) is 0.688. The third-order valence-corrected chi connectivity index (χ3v) is 5.41. The molecule has 0 bridgehead atoms. The largest absolute Gasteiger partial charge is 0.371 e. The SMILES string of the molecule is Cc1csc2c1NCNC2N1CCN(C(=O)NC(C)(C)C)CC1. The highest BCUT2D eigenvalue weighted by Gasteiger charge is 2.31. The Balaban J connectivity index is 1.61. The van der Waals surface area contributed by atoms with Crippen LogP contribution < -0.4 is 16.0 Å². The van der Waals surface area contributed by atoms with Crippen LogP contribution in [0.3, 0.4) is 0 Å². The van der Waals surface area contributed by atoms with Crippen LogP contribution in [0.15, 0.2) is 5.38 Å². The Morgan fingerprint density at radius 3 is 2.65 bits per heavy atom. The Kier molecular flexibility index (Phi) is 4.53. The molecule has 23 heavy (non-hydrogen) atoms. The van der Waals surface area contributed by atoms with Crippen molar-refractivity contribution in [1.29, 1.82) is 0 Å². The predicted molar refractivity (Wildman–Crippen MR) is 94.9 cm³/mol. The van der Waals surface area contributed by atoms with Crippen molar-refractivity contribution in [3.63, 3.8) is 0 Å². The van der Waals surface area contributed by atoms with Gasteiger partial charge in [0, 0.05) is 31.7 Å². The number of nitrogens with zero attached hydrogens (tertiary/aromatic N) is 2. The second-order valence-corrected chi connectivity index (χ2v) is 8.23. The monoisotopic (exact) mass is 337 g/mol. The highest BCUT2D eigenvalue weighted by molar-refractivity contribution is 7.10. The molecular formula is C16H27N5OS. The zero-order valence-electron chi connectivity index (χ0n) is 14.4. The maximum atomic E-state index is 12.3. The summed E-state index contributed by atoms with van der Waals surface area (Å²) in [6.45, 7) is 12.3. The van der Waals surface area contributed by atoms with E-state index in [1.54, 1.807) is 0 Å². The van der Waals surface area contributed by atoms with Gasteiger partial charge in [0.1, 0.15) is 0 Å². The third-order valence-electron chi connectivity index (χ3n) is 4.26. The molecule has 2 aliphatic rings. The lowest BCUT2D eigenvalue weighted by molar-refractivity contribution is 0.0920. The van der Waals surface area contributed by atoms with Gasteiger partial charge in [-0.25, -0.2) is 4.79 Å². The third kappa shape index (κ3) is 3.62. The van der Waals surface area contributed by atoms with Crippen molar-refractivity contribution in [2.75, 3.05) is 38.2 Å². The number of rotatable bonds is 1. The number of hydrogen-bond donors (Lipinski definition) is 3. The number of piperazine rings is 1. The Morgan fingerprint density at radius 2 is 2.00 bits per heavy atom. The molecule has 0 aliphatic carbocycles. The van der Waals surface area contributed by atoms with Gasteiger partial charge in [0.15, 0.2) is 0 Å². The van der Waals surface area contributed by atoms with Crippen LogP contribution in [0.5, 0.6) is 0 Å². The van der Waals surface area contributed by atoms with Crippen LogP contribution in [-0.4, -0.2) is 54.2 Å². The fourth-order valence-electron chi connectivity index (χ4n) is 3.10. The molecule has 1 fully saturated rings. The predicted octanol–water partition coefficient (Wildman–Crippen LogP) is 2.15. The fourth-order valence-corrected chi connectivity index (χ4v) is 4.23. The van der Waals surface area contributed by atoms with Crippen molar-refractivity contribution in [3.8, 4) is 0 Å². The molecule has 3 rings (SSSR count). The summed E-state index contributed by atoms with van der Waals surface area (Å²) in [7, 11) is 0. The lowest BCUT2D eigenvalue weighted by Crippen LogP contribution is -2.57. The van der Waals surface area contributed by atoms with Crippen LogP contribution in [0.25, 0.3) is 0 Å². The molecule has 2 amide bonds. The molecule has 128 valence electrons. The van der Waals surface area contributed by atoms with Crippen LogP contribution in [0.1, 0.15) is 37.4 Å². The maximum absolute atomic E-state index is 12.3. The first-order chi connectivity index (χ1) is 10.8. The molecule has 1 saturated heterocycles. The Morgan fingerprint density at radius 1 is 1.30 bits per heavy atom. The lowest BCUT2D eigenvalue weighted by atomic mass is 10.1. The Labute approximate surface area is 142 Å². The number of aryl methyl sites for hydroxylation is 1. The van der Waals surface area contributed by atoms with E-state index in [-0.39, 0.29) is 17.7 Å². The van der Waals surface area contributed by atoms with E-state index >= 15 is 0 Å². The van der Waals surface area contributed by atoms with E-state index in [9.17, 15) is 4.79 Å². The zero-order chi connectivity index (χ0) is 16.6. The van der Waals surface area contributed by atoms with Crippen LogP contribution in [0.2, 0.25) is 0 Å². The molecule has 3 N–H and O–H groups in total. The van der Waals surface area contributed by atoms with Gasteiger partial charge >= 0.3 is 6.03 Å². The van der Waals surface area contributed by atoms with Crippen LogP contribution in [0, 0.1) is 6.92 Å². The summed E-state index contributed by atoms with van der Waals surface area (Å²) in [6.07, 6.45) is 0.262. The van der Waals surface area contributed by atoms with E-state index in [2.05, 4.69) is 33.2 Å². The van der Waals surface area contributed by atoms with Crippen molar-refractivity contribution < 1.29 is 4.79 Å². The molecule has 1 unspecified atom stereocenters. The second-order valence-electron chi connectivity index (χ2n) is 7.32. The van der Waals surface area contributed by atoms with Crippen molar-refractivity contribution >= 4 is 23.1 Å². The number of fused-ring (bicyclic) bond motifs is 1. The standard InChI is InChI=1S/C16H27N5OS/c1-11-9-23-13-12(11)17-10-18-14(13)20-5-7-21(8-6-20)15(22)19-16(2,3)4/h9,14,17-18H,5-8,10H2,1-4H3,(H,19,22). The summed E-state index contributed by atoms with van der Waals surface area (Å²) in [5, 5.41) is 12.2. The molecule has 3 heterocycles. The Bertz CT molecular complexity index is 572. The van der Waals surface area contributed by atoms with Crippen molar-refractivity contribution in [3.05, 3.63) is 15.8 Å². The Hall–Kier alpha value is -1.31. The van der Waals surface area contributed by atoms with E-state index < -0.39 is 0 Å². The second kappa shape index (κ2) is 6.30. The lowest BCUT2D eigenvalue weighted by Gasteiger charge is -2.41. The molecule has 1 atom stereocenters. The van der Waals surface area contributed by atoms with Gasteiger partial charge in [-0.3, -0.25) is 10.2 Å². The van der Waals surface area contributed by atoms with Gasteiger partial charge in [-0.2, -0.15) is 0 Å². The first kappa shape index (κ1) is 16.5. The van der Waals surface area contributed by atoms with Crippen LogP contribution in [0.4, 0.5) is 10.5 Å².